The van der Waals surface area contributed by atoms with Crippen LogP contribution in [0.5, 0.6) is 0 Å². The summed E-state index contributed by atoms with van der Waals surface area (Å²) in [4.78, 5) is 18.3. The van der Waals surface area contributed by atoms with Crippen LogP contribution >= 0.6 is 12.4 Å². The number of anilines is 2. The van der Waals surface area contributed by atoms with Crippen molar-refractivity contribution in [2.24, 2.45) is 0 Å². The molecule has 2 aromatic rings. The lowest BCUT2D eigenvalue weighted by atomic mass is 10.2. The average Bonchev–Trinajstić information content (AvgIpc) is 2.44. The van der Waals surface area contributed by atoms with Crippen LogP contribution < -0.4 is 10.6 Å². The summed E-state index contributed by atoms with van der Waals surface area (Å²) in [6.45, 7) is 4.63. The van der Waals surface area contributed by atoms with E-state index in [1.54, 1.807) is 23.2 Å². The van der Waals surface area contributed by atoms with Gasteiger partial charge >= 0.3 is 0 Å². The fourth-order valence-corrected chi connectivity index (χ4v) is 2.02. The van der Waals surface area contributed by atoms with Crippen LogP contribution in [0.2, 0.25) is 0 Å². The molecule has 1 amide bonds. The quantitative estimate of drug-likeness (QED) is 0.944. The van der Waals surface area contributed by atoms with Crippen molar-refractivity contribution in [1.29, 1.82) is 0 Å². The van der Waals surface area contributed by atoms with Crippen molar-refractivity contribution in [1.82, 2.24) is 4.98 Å². The predicted octanol–water partition coefficient (Wildman–Crippen LogP) is 2.99. The Morgan fingerprint density at radius 2 is 1.86 bits per heavy atom. The molecule has 4 nitrogen and oxygen atoms in total. The molecular weight excluding hydrogens is 286 g/mol. The zero-order valence-corrected chi connectivity index (χ0v) is 13.1. The Kier molecular flexibility index (Phi) is 6.18. The molecule has 21 heavy (non-hydrogen) atoms. The van der Waals surface area contributed by atoms with Gasteiger partial charge in [-0.2, -0.15) is 0 Å². The first-order valence-corrected chi connectivity index (χ1v) is 6.67. The van der Waals surface area contributed by atoms with Gasteiger partial charge in [0.05, 0.1) is 18.3 Å². The first-order chi connectivity index (χ1) is 9.60. The van der Waals surface area contributed by atoms with Gasteiger partial charge in [-0.05, 0) is 38.1 Å². The van der Waals surface area contributed by atoms with E-state index in [1.165, 1.54) is 5.56 Å². The maximum Gasteiger partial charge on any atom is 0.232 e. The Labute approximate surface area is 131 Å². The van der Waals surface area contributed by atoms with Crippen LogP contribution in [-0.2, 0) is 11.2 Å². The van der Waals surface area contributed by atoms with Crippen LogP contribution in [0.15, 0.2) is 42.6 Å². The lowest BCUT2D eigenvalue weighted by molar-refractivity contribution is -0.118. The van der Waals surface area contributed by atoms with Crippen molar-refractivity contribution in [2.75, 3.05) is 17.2 Å². The third-order valence-corrected chi connectivity index (χ3v) is 3.14. The second-order valence-electron chi connectivity index (χ2n) is 4.73. The number of aryl methyl sites for hydroxylation is 1. The SMILES string of the molecule is CCN(C(=O)Cc1ccc(N)cn1)c1ccc(C)cc1.Cl. The molecule has 0 aliphatic rings. The summed E-state index contributed by atoms with van der Waals surface area (Å²) in [6.07, 6.45) is 1.85. The number of nitrogens with zero attached hydrogens (tertiary/aromatic N) is 2. The number of nitrogens with two attached hydrogens (primary N) is 1. The molecule has 0 aliphatic heterocycles. The fourth-order valence-electron chi connectivity index (χ4n) is 2.02. The van der Waals surface area contributed by atoms with E-state index in [4.69, 9.17) is 5.73 Å². The Morgan fingerprint density at radius 1 is 1.19 bits per heavy atom. The van der Waals surface area contributed by atoms with Gasteiger partial charge in [-0.25, -0.2) is 0 Å². The van der Waals surface area contributed by atoms with Gasteiger partial charge in [0.2, 0.25) is 5.91 Å². The van der Waals surface area contributed by atoms with Crippen LogP contribution in [0.25, 0.3) is 0 Å². The first-order valence-electron chi connectivity index (χ1n) is 6.67. The molecule has 112 valence electrons. The minimum Gasteiger partial charge on any atom is -0.397 e. The largest absolute Gasteiger partial charge is 0.397 e. The number of halogens is 1. The number of pyridine rings is 1. The van der Waals surface area contributed by atoms with E-state index in [2.05, 4.69) is 4.98 Å². The lowest BCUT2D eigenvalue weighted by Gasteiger charge is -2.21. The molecule has 1 heterocycles. The highest BCUT2D eigenvalue weighted by Crippen LogP contribution is 2.16. The maximum absolute atomic E-state index is 12.4. The van der Waals surface area contributed by atoms with Crippen LogP contribution in [-0.4, -0.2) is 17.4 Å². The van der Waals surface area contributed by atoms with Crippen LogP contribution in [0.3, 0.4) is 0 Å². The predicted molar refractivity (Wildman–Crippen MR) is 88.8 cm³/mol. The van der Waals surface area contributed by atoms with Gasteiger partial charge in [0.1, 0.15) is 0 Å². The molecule has 0 aliphatic carbocycles. The topological polar surface area (TPSA) is 59.2 Å². The summed E-state index contributed by atoms with van der Waals surface area (Å²) in [5.74, 6) is 0.0358. The Hall–Kier alpha value is -2.07. The van der Waals surface area contributed by atoms with E-state index in [-0.39, 0.29) is 24.7 Å². The lowest BCUT2D eigenvalue weighted by Crippen LogP contribution is -2.32. The van der Waals surface area contributed by atoms with Crippen molar-refractivity contribution in [2.45, 2.75) is 20.3 Å². The zero-order chi connectivity index (χ0) is 14.5. The van der Waals surface area contributed by atoms with Crippen molar-refractivity contribution in [3.8, 4) is 0 Å². The molecule has 0 bridgehead atoms. The maximum atomic E-state index is 12.4. The summed E-state index contributed by atoms with van der Waals surface area (Å²) >= 11 is 0. The summed E-state index contributed by atoms with van der Waals surface area (Å²) in [5.41, 5.74) is 9.02. The zero-order valence-electron chi connectivity index (χ0n) is 12.2. The van der Waals surface area contributed by atoms with Gasteiger partial charge in [-0.1, -0.05) is 17.7 Å². The van der Waals surface area contributed by atoms with E-state index in [0.717, 1.165) is 11.4 Å². The summed E-state index contributed by atoms with van der Waals surface area (Å²) in [5, 5.41) is 0. The number of likely N-dealkylation sites (N-methyl/N-ethyl adjacent to an activating group) is 1. The third kappa shape index (κ3) is 4.46. The van der Waals surface area contributed by atoms with Crippen molar-refractivity contribution >= 4 is 29.7 Å². The van der Waals surface area contributed by atoms with Crippen LogP contribution in [0.4, 0.5) is 11.4 Å². The summed E-state index contributed by atoms with van der Waals surface area (Å²) < 4.78 is 0. The smallest absolute Gasteiger partial charge is 0.232 e. The number of rotatable bonds is 4. The number of aromatic nitrogens is 1. The number of benzene rings is 1. The van der Waals surface area contributed by atoms with E-state index < -0.39 is 0 Å². The number of amides is 1. The van der Waals surface area contributed by atoms with Gasteiger partial charge in [-0.3, -0.25) is 9.78 Å². The highest BCUT2D eigenvalue weighted by atomic mass is 35.5. The van der Waals surface area contributed by atoms with Crippen molar-refractivity contribution in [3.05, 3.63) is 53.9 Å². The average molecular weight is 306 g/mol. The Morgan fingerprint density at radius 3 is 2.38 bits per heavy atom. The highest BCUT2D eigenvalue weighted by molar-refractivity contribution is 5.94. The Balaban J connectivity index is 0.00000220. The molecular formula is C16H20ClN3O. The third-order valence-electron chi connectivity index (χ3n) is 3.14. The molecule has 2 rings (SSSR count). The number of hydrogen-bond acceptors (Lipinski definition) is 3. The van der Waals surface area contributed by atoms with Gasteiger partial charge in [0.15, 0.2) is 0 Å². The van der Waals surface area contributed by atoms with E-state index in [1.807, 2.05) is 38.1 Å². The first kappa shape index (κ1) is 17.0. The fraction of sp³-hybridized carbons (Fsp3) is 0.250. The molecule has 0 unspecified atom stereocenters. The van der Waals surface area contributed by atoms with Gasteiger partial charge in [-0.15, -0.1) is 12.4 Å². The molecule has 0 atom stereocenters. The molecule has 1 aromatic heterocycles. The highest BCUT2D eigenvalue weighted by Gasteiger charge is 2.14. The second-order valence-corrected chi connectivity index (χ2v) is 4.73. The molecule has 0 radical (unpaired) electrons. The molecule has 0 spiro atoms. The molecule has 0 saturated heterocycles. The van der Waals surface area contributed by atoms with E-state index in [9.17, 15) is 4.79 Å². The van der Waals surface area contributed by atoms with Crippen LogP contribution in [0.1, 0.15) is 18.2 Å². The number of hydrogen-bond donors (Lipinski definition) is 1. The summed E-state index contributed by atoms with van der Waals surface area (Å²) in [7, 11) is 0. The van der Waals surface area contributed by atoms with Gasteiger partial charge < -0.3 is 10.6 Å². The summed E-state index contributed by atoms with van der Waals surface area (Å²) in [6, 6.07) is 11.5. The van der Waals surface area contributed by atoms with Crippen molar-refractivity contribution in [3.63, 3.8) is 0 Å². The molecule has 5 heteroatoms. The van der Waals surface area contributed by atoms with E-state index in [0.29, 0.717) is 12.2 Å². The minimum atomic E-state index is 0. The molecule has 1 aromatic carbocycles. The number of carbonyl (C=O) groups excluding carboxylic acids is 1. The van der Waals surface area contributed by atoms with Gasteiger partial charge in [0, 0.05) is 17.9 Å². The van der Waals surface area contributed by atoms with Crippen LogP contribution in [0, 0.1) is 6.92 Å². The standard InChI is InChI=1S/C16H19N3O.ClH/c1-3-19(15-8-4-12(2)5-9-15)16(20)10-14-7-6-13(17)11-18-14;/h4-9,11H,3,10,17H2,1-2H3;1H. The Bertz CT molecular complexity index is 581. The monoisotopic (exact) mass is 305 g/mol. The van der Waals surface area contributed by atoms with Crippen molar-refractivity contribution < 1.29 is 4.79 Å². The molecule has 0 fully saturated rings. The van der Waals surface area contributed by atoms with Gasteiger partial charge in [0.25, 0.3) is 0 Å². The number of nitrogen functional groups attached to an aromatic ring is 1. The number of carbonyl (C=O) groups is 1. The second kappa shape index (κ2) is 7.64. The molecule has 2 N–H and O–H groups in total. The molecule has 0 saturated carbocycles. The normalized spacial score (nSPS) is 9.81. The van der Waals surface area contributed by atoms with E-state index >= 15 is 0 Å². The minimum absolute atomic E-state index is 0.